The Labute approximate surface area is 88.6 Å². The van der Waals surface area contributed by atoms with E-state index < -0.39 is 0 Å². The van der Waals surface area contributed by atoms with Gasteiger partial charge in [-0.1, -0.05) is 25.2 Å². The van der Waals surface area contributed by atoms with Gasteiger partial charge in [-0.25, -0.2) is 0 Å². The van der Waals surface area contributed by atoms with Crippen LogP contribution < -0.4 is 10.6 Å². The summed E-state index contributed by atoms with van der Waals surface area (Å²) in [6.07, 6.45) is 1.98. The zero-order valence-electron chi connectivity index (χ0n) is 8.82. The lowest BCUT2D eigenvalue weighted by Crippen LogP contribution is -2.17. The molecule has 0 aliphatic carbocycles. The highest BCUT2D eigenvalue weighted by Gasteiger charge is 2.08. The first-order chi connectivity index (χ1) is 6.66. The first-order valence-electron chi connectivity index (χ1n) is 5.05. The Kier molecular flexibility index (Phi) is 4.35. The number of nitrogens with two attached hydrogens (primary N) is 1. The number of nitrogens with zero attached hydrogens (tertiary/aromatic N) is 1. The minimum Gasteiger partial charge on any atom is -0.330 e. The SMILES string of the molecule is CC(C)c1csc(=O)n1CCCCN. The summed E-state index contributed by atoms with van der Waals surface area (Å²) < 4.78 is 1.88. The minimum atomic E-state index is 0.158. The largest absolute Gasteiger partial charge is 0.330 e. The predicted molar refractivity (Wildman–Crippen MR) is 61.0 cm³/mol. The number of aromatic nitrogens is 1. The van der Waals surface area contributed by atoms with E-state index in [-0.39, 0.29) is 4.87 Å². The molecule has 0 fully saturated rings. The molecule has 0 amide bonds. The van der Waals surface area contributed by atoms with E-state index in [9.17, 15) is 4.79 Å². The Morgan fingerprint density at radius 1 is 1.50 bits per heavy atom. The van der Waals surface area contributed by atoms with Crippen LogP contribution in [0, 0.1) is 0 Å². The smallest absolute Gasteiger partial charge is 0.307 e. The minimum absolute atomic E-state index is 0.158. The van der Waals surface area contributed by atoms with Crippen LogP contribution in [0.15, 0.2) is 10.2 Å². The molecule has 0 aliphatic heterocycles. The van der Waals surface area contributed by atoms with Gasteiger partial charge in [0, 0.05) is 17.6 Å². The van der Waals surface area contributed by atoms with Gasteiger partial charge in [-0.15, -0.1) is 0 Å². The average Bonchev–Trinajstić information content (AvgIpc) is 2.48. The molecule has 2 N–H and O–H groups in total. The van der Waals surface area contributed by atoms with Gasteiger partial charge in [-0.3, -0.25) is 4.79 Å². The van der Waals surface area contributed by atoms with E-state index in [1.165, 1.54) is 11.3 Å². The third kappa shape index (κ3) is 2.69. The monoisotopic (exact) mass is 214 g/mol. The van der Waals surface area contributed by atoms with Crippen molar-refractivity contribution >= 4 is 11.3 Å². The summed E-state index contributed by atoms with van der Waals surface area (Å²) in [7, 11) is 0. The highest BCUT2D eigenvalue weighted by molar-refractivity contribution is 7.07. The van der Waals surface area contributed by atoms with Crippen LogP contribution in [0.3, 0.4) is 0 Å². The van der Waals surface area contributed by atoms with Crippen molar-refractivity contribution in [1.29, 1.82) is 0 Å². The summed E-state index contributed by atoms with van der Waals surface area (Å²) in [4.78, 5) is 11.6. The molecule has 80 valence electrons. The summed E-state index contributed by atoms with van der Waals surface area (Å²) in [5.41, 5.74) is 6.57. The molecule has 14 heavy (non-hydrogen) atoms. The van der Waals surface area contributed by atoms with E-state index in [1.807, 2.05) is 9.95 Å². The molecule has 0 spiro atoms. The Morgan fingerprint density at radius 3 is 2.79 bits per heavy atom. The van der Waals surface area contributed by atoms with E-state index in [1.54, 1.807) is 0 Å². The van der Waals surface area contributed by atoms with Gasteiger partial charge in [-0.05, 0) is 25.3 Å². The third-order valence-corrected chi connectivity index (χ3v) is 3.02. The number of hydrogen-bond acceptors (Lipinski definition) is 3. The second-order valence-corrected chi connectivity index (χ2v) is 4.55. The summed E-state index contributed by atoms with van der Waals surface area (Å²) in [6.45, 7) is 5.74. The van der Waals surface area contributed by atoms with Gasteiger partial charge in [0.25, 0.3) is 0 Å². The molecule has 3 nitrogen and oxygen atoms in total. The number of unbranched alkanes of at least 4 members (excludes halogenated alkanes) is 1. The standard InChI is InChI=1S/C10H18N2OS/c1-8(2)9-7-14-10(13)12(9)6-4-3-5-11/h7-8H,3-6,11H2,1-2H3. The van der Waals surface area contributed by atoms with Crippen molar-refractivity contribution in [3.8, 4) is 0 Å². The molecule has 0 radical (unpaired) electrons. The second-order valence-electron chi connectivity index (χ2n) is 3.73. The molecule has 1 aromatic heterocycles. The molecule has 0 bridgehead atoms. The lowest BCUT2D eigenvalue weighted by atomic mass is 10.1. The highest BCUT2D eigenvalue weighted by atomic mass is 32.1. The van der Waals surface area contributed by atoms with Crippen LogP contribution >= 0.6 is 11.3 Å². The molecule has 0 unspecified atom stereocenters. The Hall–Kier alpha value is -0.610. The molecule has 1 aromatic rings. The van der Waals surface area contributed by atoms with E-state index in [0.717, 1.165) is 25.1 Å². The second kappa shape index (κ2) is 5.32. The summed E-state index contributed by atoms with van der Waals surface area (Å²) in [6, 6.07) is 0. The van der Waals surface area contributed by atoms with Crippen molar-refractivity contribution in [2.75, 3.05) is 6.54 Å². The van der Waals surface area contributed by atoms with E-state index >= 15 is 0 Å². The number of thiazole rings is 1. The van der Waals surface area contributed by atoms with Crippen LogP contribution in [0.5, 0.6) is 0 Å². The summed E-state index contributed by atoms with van der Waals surface area (Å²) in [5, 5.41) is 1.97. The van der Waals surface area contributed by atoms with E-state index in [4.69, 9.17) is 5.73 Å². The van der Waals surface area contributed by atoms with Crippen molar-refractivity contribution in [1.82, 2.24) is 4.57 Å². The van der Waals surface area contributed by atoms with Crippen LogP contribution in [-0.4, -0.2) is 11.1 Å². The van der Waals surface area contributed by atoms with Crippen LogP contribution in [0.25, 0.3) is 0 Å². The van der Waals surface area contributed by atoms with Crippen molar-refractivity contribution in [2.24, 2.45) is 5.73 Å². The third-order valence-electron chi connectivity index (χ3n) is 2.24. The van der Waals surface area contributed by atoms with Crippen molar-refractivity contribution < 1.29 is 0 Å². The molecular formula is C10H18N2OS. The lowest BCUT2D eigenvalue weighted by molar-refractivity contribution is 0.572. The Bertz CT molecular complexity index is 327. The fourth-order valence-electron chi connectivity index (χ4n) is 1.43. The summed E-state index contributed by atoms with van der Waals surface area (Å²) in [5.74, 6) is 0.423. The molecule has 0 saturated heterocycles. The van der Waals surface area contributed by atoms with Crippen LogP contribution in [0.4, 0.5) is 0 Å². The predicted octanol–water partition coefficient (Wildman–Crippen LogP) is 1.77. The maximum atomic E-state index is 11.5. The van der Waals surface area contributed by atoms with Gasteiger partial charge in [0.05, 0.1) is 0 Å². The zero-order chi connectivity index (χ0) is 10.6. The lowest BCUT2D eigenvalue weighted by Gasteiger charge is -2.09. The molecule has 1 heterocycles. The number of rotatable bonds is 5. The number of hydrogen-bond donors (Lipinski definition) is 1. The van der Waals surface area contributed by atoms with E-state index in [2.05, 4.69) is 13.8 Å². The average molecular weight is 214 g/mol. The first kappa shape index (κ1) is 11.5. The van der Waals surface area contributed by atoms with Gasteiger partial charge in [0.15, 0.2) is 0 Å². The van der Waals surface area contributed by atoms with E-state index in [0.29, 0.717) is 12.5 Å². The van der Waals surface area contributed by atoms with Crippen molar-refractivity contribution in [3.05, 3.63) is 20.7 Å². The maximum Gasteiger partial charge on any atom is 0.307 e. The first-order valence-corrected chi connectivity index (χ1v) is 5.93. The molecular weight excluding hydrogens is 196 g/mol. The van der Waals surface area contributed by atoms with Gasteiger partial charge in [0.1, 0.15) is 0 Å². The fourth-order valence-corrected chi connectivity index (χ4v) is 2.37. The van der Waals surface area contributed by atoms with Crippen molar-refractivity contribution in [2.45, 2.75) is 39.2 Å². The van der Waals surface area contributed by atoms with Gasteiger partial charge >= 0.3 is 4.87 Å². The highest BCUT2D eigenvalue weighted by Crippen LogP contribution is 2.15. The van der Waals surface area contributed by atoms with Crippen LogP contribution in [0.1, 0.15) is 38.3 Å². The Morgan fingerprint density at radius 2 is 2.21 bits per heavy atom. The van der Waals surface area contributed by atoms with Gasteiger partial charge < -0.3 is 10.3 Å². The molecule has 4 heteroatoms. The van der Waals surface area contributed by atoms with Gasteiger partial charge in [-0.2, -0.15) is 0 Å². The summed E-state index contributed by atoms with van der Waals surface area (Å²) >= 11 is 1.29. The van der Waals surface area contributed by atoms with Crippen LogP contribution in [-0.2, 0) is 6.54 Å². The van der Waals surface area contributed by atoms with Gasteiger partial charge in [0.2, 0.25) is 0 Å². The van der Waals surface area contributed by atoms with Crippen LogP contribution in [0.2, 0.25) is 0 Å². The fraction of sp³-hybridized carbons (Fsp3) is 0.700. The topological polar surface area (TPSA) is 48.0 Å². The molecule has 0 aliphatic rings. The molecule has 0 atom stereocenters. The zero-order valence-corrected chi connectivity index (χ0v) is 9.64. The van der Waals surface area contributed by atoms with Crippen molar-refractivity contribution in [3.63, 3.8) is 0 Å². The Balaban J connectivity index is 2.73. The maximum absolute atomic E-state index is 11.5. The normalized spacial score (nSPS) is 11.1. The molecule has 1 rings (SSSR count). The quantitative estimate of drug-likeness (QED) is 0.759. The molecule has 0 saturated carbocycles. The molecule has 0 aromatic carbocycles.